The van der Waals surface area contributed by atoms with Gasteiger partial charge in [-0.3, -0.25) is 0 Å². The molecule has 1 aromatic heterocycles. The summed E-state index contributed by atoms with van der Waals surface area (Å²) in [5, 5.41) is 6.46. The van der Waals surface area contributed by atoms with Crippen LogP contribution < -0.4 is 5.32 Å². The number of nitrogens with zero attached hydrogens (tertiary/aromatic N) is 1. The van der Waals surface area contributed by atoms with Crippen LogP contribution in [0.4, 0.5) is 4.39 Å². The lowest BCUT2D eigenvalue weighted by atomic mass is 10.2. The van der Waals surface area contributed by atoms with Crippen molar-refractivity contribution in [3.8, 4) is 10.6 Å². The van der Waals surface area contributed by atoms with Crippen molar-refractivity contribution in [3.63, 3.8) is 0 Å². The van der Waals surface area contributed by atoms with Crippen molar-refractivity contribution in [2.24, 2.45) is 0 Å². The van der Waals surface area contributed by atoms with Crippen LogP contribution in [0.25, 0.3) is 10.6 Å². The van der Waals surface area contributed by atoms with Crippen molar-refractivity contribution in [1.29, 1.82) is 0 Å². The van der Waals surface area contributed by atoms with Crippen LogP contribution in [0, 0.1) is 5.82 Å². The molecule has 2 aromatic rings. The predicted molar refractivity (Wildman–Crippen MR) is 74.6 cm³/mol. The third kappa shape index (κ3) is 3.07. The molecule has 2 nitrogen and oxygen atoms in total. The smallest absolute Gasteiger partial charge is 0.125 e. The van der Waals surface area contributed by atoms with Gasteiger partial charge >= 0.3 is 0 Å². The second-order valence-corrected chi connectivity index (χ2v) is 5.31. The van der Waals surface area contributed by atoms with Crippen molar-refractivity contribution in [2.75, 3.05) is 6.54 Å². The van der Waals surface area contributed by atoms with Crippen LogP contribution in [0.5, 0.6) is 0 Å². The van der Waals surface area contributed by atoms with Gasteiger partial charge in [0.05, 0.1) is 5.69 Å². The molecular weight excluding hydrogens is 271 g/mol. The van der Waals surface area contributed by atoms with Crippen LogP contribution in [0.3, 0.4) is 0 Å². The van der Waals surface area contributed by atoms with Gasteiger partial charge in [0.1, 0.15) is 10.8 Å². The molecule has 96 valence electrons. The summed E-state index contributed by atoms with van der Waals surface area (Å²) in [5.41, 5.74) is 1.69. The number of nitrogens with one attached hydrogen (secondary N) is 1. The maximum atomic E-state index is 13.3. The highest BCUT2D eigenvalue weighted by Gasteiger charge is 2.11. The molecule has 0 saturated heterocycles. The Balaban J connectivity index is 2.29. The van der Waals surface area contributed by atoms with Crippen molar-refractivity contribution in [3.05, 3.63) is 40.1 Å². The molecule has 0 radical (unpaired) electrons. The zero-order chi connectivity index (χ0) is 13.1. The van der Waals surface area contributed by atoms with Gasteiger partial charge in [-0.15, -0.1) is 11.3 Å². The van der Waals surface area contributed by atoms with Crippen molar-refractivity contribution in [1.82, 2.24) is 10.3 Å². The van der Waals surface area contributed by atoms with Crippen molar-refractivity contribution in [2.45, 2.75) is 19.9 Å². The SMILES string of the molecule is CCNC(C)c1csc(-c2cc(F)cc(Cl)c2)n1. The Bertz CT molecular complexity index is 521. The fourth-order valence-corrected chi connectivity index (χ4v) is 2.83. The van der Waals surface area contributed by atoms with E-state index in [0.717, 1.165) is 22.8 Å². The third-order valence-electron chi connectivity index (χ3n) is 2.59. The van der Waals surface area contributed by atoms with Crippen LogP contribution in [0.2, 0.25) is 5.02 Å². The summed E-state index contributed by atoms with van der Waals surface area (Å²) in [7, 11) is 0. The number of halogens is 2. The van der Waals surface area contributed by atoms with Crippen molar-refractivity contribution < 1.29 is 4.39 Å². The topological polar surface area (TPSA) is 24.9 Å². The highest BCUT2D eigenvalue weighted by atomic mass is 35.5. The van der Waals surface area contributed by atoms with Gasteiger partial charge in [0.25, 0.3) is 0 Å². The number of hydrogen-bond acceptors (Lipinski definition) is 3. The van der Waals surface area contributed by atoms with Crippen molar-refractivity contribution >= 4 is 22.9 Å². The van der Waals surface area contributed by atoms with Crippen LogP contribution in [0.1, 0.15) is 25.6 Å². The van der Waals surface area contributed by atoms with Gasteiger partial charge in [-0.1, -0.05) is 18.5 Å². The first-order chi connectivity index (χ1) is 8.60. The average Bonchev–Trinajstić information content (AvgIpc) is 2.77. The van der Waals surface area contributed by atoms with Gasteiger partial charge in [-0.05, 0) is 31.7 Å². The van der Waals surface area contributed by atoms with Gasteiger partial charge in [0.2, 0.25) is 0 Å². The molecular formula is C13H14ClFN2S. The third-order valence-corrected chi connectivity index (χ3v) is 3.71. The molecule has 0 bridgehead atoms. The molecule has 2 rings (SSSR count). The summed E-state index contributed by atoms with van der Waals surface area (Å²) in [6.07, 6.45) is 0. The summed E-state index contributed by atoms with van der Waals surface area (Å²) >= 11 is 7.34. The van der Waals surface area contributed by atoms with Gasteiger partial charge in [-0.25, -0.2) is 9.37 Å². The first-order valence-electron chi connectivity index (χ1n) is 5.75. The molecule has 0 fully saturated rings. The summed E-state index contributed by atoms with van der Waals surface area (Å²) < 4.78 is 13.3. The monoisotopic (exact) mass is 284 g/mol. The largest absolute Gasteiger partial charge is 0.309 e. The Morgan fingerprint density at radius 1 is 1.44 bits per heavy atom. The number of thiazole rings is 1. The van der Waals surface area contributed by atoms with E-state index in [0.29, 0.717) is 5.02 Å². The van der Waals surface area contributed by atoms with Crippen LogP contribution in [-0.4, -0.2) is 11.5 Å². The number of rotatable bonds is 4. The highest BCUT2D eigenvalue weighted by Crippen LogP contribution is 2.28. The lowest BCUT2D eigenvalue weighted by Crippen LogP contribution is -2.17. The summed E-state index contributed by atoms with van der Waals surface area (Å²) in [4.78, 5) is 4.51. The molecule has 1 unspecified atom stereocenters. The van der Waals surface area contributed by atoms with Crippen LogP contribution in [-0.2, 0) is 0 Å². The van der Waals surface area contributed by atoms with E-state index >= 15 is 0 Å². The van der Waals surface area contributed by atoms with E-state index in [1.165, 1.54) is 23.5 Å². The maximum Gasteiger partial charge on any atom is 0.125 e. The highest BCUT2D eigenvalue weighted by molar-refractivity contribution is 7.13. The number of hydrogen-bond donors (Lipinski definition) is 1. The zero-order valence-electron chi connectivity index (χ0n) is 10.2. The zero-order valence-corrected chi connectivity index (χ0v) is 11.8. The maximum absolute atomic E-state index is 13.3. The fraction of sp³-hybridized carbons (Fsp3) is 0.308. The summed E-state index contributed by atoms with van der Waals surface area (Å²) in [6, 6.07) is 4.67. The fourth-order valence-electron chi connectivity index (χ4n) is 1.71. The number of aromatic nitrogens is 1. The molecule has 18 heavy (non-hydrogen) atoms. The summed E-state index contributed by atoms with van der Waals surface area (Å²) in [6.45, 7) is 5.00. The molecule has 1 aromatic carbocycles. The first kappa shape index (κ1) is 13.5. The van der Waals surface area contributed by atoms with Crippen LogP contribution >= 0.6 is 22.9 Å². The van der Waals surface area contributed by atoms with E-state index in [1.807, 2.05) is 5.38 Å². The molecule has 0 aliphatic carbocycles. The Hall–Kier alpha value is -0.970. The molecule has 0 aliphatic rings. The molecule has 5 heteroatoms. The van der Waals surface area contributed by atoms with Gasteiger partial charge < -0.3 is 5.32 Å². The molecule has 1 heterocycles. The molecule has 0 spiro atoms. The number of benzene rings is 1. The normalized spacial score (nSPS) is 12.7. The standard InChI is InChI=1S/C13H14ClFN2S/c1-3-16-8(2)12-7-18-13(17-12)9-4-10(14)6-11(15)5-9/h4-8,16H,3H2,1-2H3. The average molecular weight is 285 g/mol. The lowest BCUT2D eigenvalue weighted by Gasteiger charge is -2.08. The van der Waals surface area contributed by atoms with E-state index in [-0.39, 0.29) is 11.9 Å². The molecule has 0 aliphatic heterocycles. The predicted octanol–water partition coefficient (Wildman–Crippen LogP) is 4.27. The van der Waals surface area contributed by atoms with Gasteiger partial charge in [0.15, 0.2) is 0 Å². The Morgan fingerprint density at radius 2 is 2.22 bits per heavy atom. The quantitative estimate of drug-likeness (QED) is 0.907. The second-order valence-electron chi connectivity index (χ2n) is 4.02. The Labute approximate surface area is 115 Å². The molecule has 0 saturated carbocycles. The Morgan fingerprint density at radius 3 is 2.89 bits per heavy atom. The molecule has 1 N–H and O–H groups in total. The second kappa shape index (κ2) is 5.78. The summed E-state index contributed by atoms with van der Waals surface area (Å²) in [5.74, 6) is -0.339. The van der Waals surface area contributed by atoms with E-state index < -0.39 is 0 Å². The van der Waals surface area contributed by atoms with Gasteiger partial charge in [0, 0.05) is 22.0 Å². The van der Waals surface area contributed by atoms with E-state index in [2.05, 4.69) is 24.1 Å². The minimum Gasteiger partial charge on any atom is -0.309 e. The van der Waals surface area contributed by atoms with E-state index in [1.54, 1.807) is 6.07 Å². The van der Waals surface area contributed by atoms with Gasteiger partial charge in [-0.2, -0.15) is 0 Å². The van der Waals surface area contributed by atoms with E-state index in [4.69, 9.17) is 11.6 Å². The van der Waals surface area contributed by atoms with E-state index in [9.17, 15) is 4.39 Å². The lowest BCUT2D eigenvalue weighted by molar-refractivity contribution is 0.587. The molecule has 1 atom stereocenters. The Kier molecular flexibility index (Phi) is 4.32. The van der Waals surface area contributed by atoms with Crippen LogP contribution in [0.15, 0.2) is 23.6 Å². The molecule has 0 amide bonds. The minimum atomic E-state index is -0.339. The first-order valence-corrected chi connectivity index (χ1v) is 7.01. The minimum absolute atomic E-state index is 0.198.